The van der Waals surface area contributed by atoms with Crippen molar-refractivity contribution >= 4 is 28.5 Å². The van der Waals surface area contributed by atoms with Gasteiger partial charge in [0.05, 0.1) is 0 Å². The van der Waals surface area contributed by atoms with Gasteiger partial charge in [-0.1, -0.05) is 0 Å². The van der Waals surface area contributed by atoms with Crippen LogP contribution in [0.3, 0.4) is 0 Å². The van der Waals surface area contributed by atoms with E-state index in [2.05, 4.69) is 42.4 Å². The Hall–Kier alpha value is -0.470. The van der Waals surface area contributed by atoms with E-state index in [1.807, 2.05) is 12.4 Å². The maximum atomic E-state index is 5.52. The Bertz CT molecular complexity index is 334. The van der Waals surface area contributed by atoms with Crippen molar-refractivity contribution in [3.05, 3.63) is 16.0 Å². The number of nitrogens with two attached hydrogens (primary N) is 1. The fourth-order valence-corrected chi connectivity index (χ4v) is 2.23. The minimum Gasteiger partial charge on any atom is -0.338 e. The Morgan fingerprint density at radius 3 is 2.41 bits per heavy atom. The first-order valence-electron chi connectivity index (χ1n) is 5.94. The van der Waals surface area contributed by atoms with Gasteiger partial charge in [0.25, 0.3) is 0 Å². The summed E-state index contributed by atoms with van der Waals surface area (Å²) in [6.07, 6.45) is 4.81. The van der Waals surface area contributed by atoms with Crippen LogP contribution in [0.4, 0.5) is 5.95 Å². The monoisotopic (exact) mass is 347 g/mol. The number of hydrogen-bond acceptors (Lipinski definition) is 5. The molecular weight excluding hydrogens is 329 g/mol. The van der Waals surface area contributed by atoms with Gasteiger partial charge in [0.1, 0.15) is 0 Å². The Balaban J connectivity index is 1.84. The first-order valence-corrected chi connectivity index (χ1v) is 7.02. The van der Waals surface area contributed by atoms with E-state index >= 15 is 0 Å². The van der Waals surface area contributed by atoms with E-state index in [0.29, 0.717) is 0 Å². The van der Waals surface area contributed by atoms with Crippen molar-refractivity contribution in [2.24, 2.45) is 5.73 Å². The van der Waals surface area contributed by atoms with Gasteiger partial charge in [-0.25, -0.2) is 9.97 Å². The molecule has 2 heterocycles. The van der Waals surface area contributed by atoms with Gasteiger partial charge in [-0.2, -0.15) is 0 Å². The second kappa shape index (κ2) is 6.46. The summed E-state index contributed by atoms with van der Waals surface area (Å²) < 4.78 is 1.08. The van der Waals surface area contributed by atoms with Crippen molar-refractivity contribution in [2.45, 2.75) is 6.42 Å². The molecule has 2 rings (SSSR count). The summed E-state index contributed by atoms with van der Waals surface area (Å²) in [5, 5.41) is 0. The van der Waals surface area contributed by atoms with Gasteiger partial charge in [0, 0.05) is 42.1 Å². The van der Waals surface area contributed by atoms with Crippen molar-refractivity contribution < 1.29 is 0 Å². The minimum atomic E-state index is 0.778. The lowest BCUT2D eigenvalue weighted by Crippen LogP contribution is -2.47. The van der Waals surface area contributed by atoms with Crippen LogP contribution in [0, 0.1) is 3.57 Å². The summed E-state index contributed by atoms with van der Waals surface area (Å²) in [6, 6.07) is 0. The molecule has 0 bridgehead atoms. The summed E-state index contributed by atoms with van der Waals surface area (Å²) in [5.41, 5.74) is 5.52. The molecule has 0 radical (unpaired) electrons. The fourth-order valence-electron chi connectivity index (χ4n) is 1.96. The van der Waals surface area contributed by atoms with E-state index in [4.69, 9.17) is 5.73 Å². The molecule has 0 aliphatic carbocycles. The Morgan fingerprint density at radius 2 is 1.82 bits per heavy atom. The van der Waals surface area contributed by atoms with E-state index in [1.165, 1.54) is 0 Å². The van der Waals surface area contributed by atoms with Gasteiger partial charge in [-0.05, 0) is 42.1 Å². The SMILES string of the molecule is NCCCN1CCN(c2ncc(I)cn2)CC1. The molecule has 5 nitrogen and oxygen atoms in total. The van der Waals surface area contributed by atoms with Gasteiger partial charge in [-0.3, -0.25) is 4.90 Å². The molecule has 1 saturated heterocycles. The first-order chi connectivity index (χ1) is 8.29. The summed E-state index contributed by atoms with van der Waals surface area (Å²) in [4.78, 5) is 13.4. The topological polar surface area (TPSA) is 58.3 Å². The minimum absolute atomic E-state index is 0.778. The van der Waals surface area contributed by atoms with Crippen LogP contribution in [0.1, 0.15) is 6.42 Å². The van der Waals surface area contributed by atoms with Gasteiger partial charge in [-0.15, -0.1) is 0 Å². The number of hydrogen-bond donors (Lipinski definition) is 1. The summed E-state index contributed by atoms with van der Waals surface area (Å²) in [7, 11) is 0. The van der Waals surface area contributed by atoms with Crippen LogP contribution in [0.15, 0.2) is 12.4 Å². The highest BCUT2D eigenvalue weighted by molar-refractivity contribution is 14.1. The Kier molecular flexibility index (Phi) is 4.93. The standard InChI is InChI=1S/C11H18IN5/c12-10-8-14-11(15-9-10)17-6-4-16(5-7-17)3-1-2-13/h8-9H,1-7,13H2. The Labute approximate surface area is 116 Å². The number of halogens is 1. The second-order valence-electron chi connectivity index (χ2n) is 4.17. The largest absolute Gasteiger partial charge is 0.338 e. The van der Waals surface area contributed by atoms with E-state index in [0.717, 1.165) is 55.2 Å². The number of anilines is 1. The normalized spacial score (nSPS) is 17.4. The van der Waals surface area contributed by atoms with Crippen LogP contribution in [0.2, 0.25) is 0 Å². The molecule has 6 heteroatoms. The van der Waals surface area contributed by atoms with Crippen LogP contribution >= 0.6 is 22.6 Å². The first kappa shape index (κ1) is 13.0. The average molecular weight is 347 g/mol. The lowest BCUT2D eigenvalue weighted by atomic mass is 10.3. The van der Waals surface area contributed by atoms with Crippen LogP contribution in [0.5, 0.6) is 0 Å². The molecule has 17 heavy (non-hydrogen) atoms. The number of aromatic nitrogens is 2. The lowest BCUT2D eigenvalue weighted by Gasteiger charge is -2.34. The molecule has 2 N–H and O–H groups in total. The van der Waals surface area contributed by atoms with Crippen molar-refractivity contribution in [2.75, 3.05) is 44.2 Å². The maximum Gasteiger partial charge on any atom is 0.225 e. The highest BCUT2D eigenvalue weighted by Gasteiger charge is 2.18. The van der Waals surface area contributed by atoms with Crippen LogP contribution < -0.4 is 10.6 Å². The maximum absolute atomic E-state index is 5.52. The quantitative estimate of drug-likeness (QED) is 0.807. The summed E-state index contributed by atoms with van der Waals surface area (Å²) in [6.45, 7) is 6.05. The van der Waals surface area contributed by atoms with E-state index in [-0.39, 0.29) is 0 Å². The van der Waals surface area contributed by atoms with Crippen molar-refractivity contribution in [3.8, 4) is 0 Å². The van der Waals surface area contributed by atoms with Gasteiger partial charge in [0.15, 0.2) is 0 Å². The molecule has 0 atom stereocenters. The molecule has 1 aromatic heterocycles. The second-order valence-corrected chi connectivity index (χ2v) is 5.42. The van der Waals surface area contributed by atoms with E-state index < -0.39 is 0 Å². The smallest absolute Gasteiger partial charge is 0.225 e. The highest BCUT2D eigenvalue weighted by atomic mass is 127. The zero-order valence-electron chi connectivity index (χ0n) is 9.85. The third-order valence-corrected chi connectivity index (χ3v) is 3.50. The average Bonchev–Trinajstić information content (AvgIpc) is 2.38. The number of nitrogens with zero attached hydrogens (tertiary/aromatic N) is 4. The molecule has 1 aliphatic rings. The third-order valence-electron chi connectivity index (χ3n) is 2.94. The molecule has 1 aliphatic heterocycles. The fraction of sp³-hybridized carbons (Fsp3) is 0.636. The predicted octanol–water partition coefficient (Wildman–Crippen LogP) is 0.552. The molecular formula is C11H18IN5. The molecule has 94 valence electrons. The zero-order valence-corrected chi connectivity index (χ0v) is 12.0. The van der Waals surface area contributed by atoms with Crippen molar-refractivity contribution in [1.82, 2.24) is 14.9 Å². The Morgan fingerprint density at radius 1 is 1.18 bits per heavy atom. The van der Waals surface area contributed by atoms with E-state index in [1.54, 1.807) is 0 Å². The molecule has 0 saturated carbocycles. The molecule has 0 unspecified atom stereocenters. The van der Waals surface area contributed by atoms with Crippen molar-refractivity contribution in [1.29, 1.82) is 0 Å². The van der Waals surface area contributed by atoms with Gasteiger partial charge >= 0.3 is 0 Å². The summed E-state index contributed by atoms with van der Waals surface area (Å²) in [5.74, 6) is 0.851. The third kappa shape index (κ3) is 3.75. The number of piperazine rings is 1. The highest BCUT2D eigenvalue weighted by Crippen LogP contribution is 2.11. The molecule has 0 aromatic carbocycles. The van der Waals surface area contributed by atoms with Crippen molar-refractivity contribution in [3.63, 3.8) is 0 Å². The molecule has 1 fully saturated rings. The zero-order chi connectivity index (χ0) is 12.1. The van der Waals surface area contributed by atoms with Gasteiger partial charge < -0.3 is 10.6 Å². The van der Waals surface area contributed by atoms with Crippen LogP contribution in [0.25, 0.3) is 0 Å². The summed E-state index contributed by atoms with van der Waals surface area (Å²) >= 11 is 2.22. The molecule has 0 spiro atoms. The lowest BCUT2D eigenvalue weighted by molar-refractivity contribution is 0.255. The number of rotatable bonds is 4. The molecule has 0 amide bonds. The van der Waals surface area contributed by atoms with Gasteiger partial charge in [0.2, 0.25) is 5.95 Å². The molecule has 1 aromatic rings. The van der Waals surface area contributed by atoms with Crippen LogP contribution in [-0.4, -0.2) is 54.1 Å². The predicted molar refractivity (Wildman–Crippen MR) is 77.1 cm³/mol. The van der Waals surface area contributed by atoms with Crippen LogP contribution in [-0.2, 0) is 0 Å². The van der Waals surface area contributed by atoms with E-state index in [9.17, 15) is 0 Å².